The molecule has 144 valence electrons. The summed E-state index contributed by atoms with van der Waals surface area (Å²) in [5.74, 6) is 0.733. The van der Waals surface area contributed by atoms with Gasteiger partial charge in [0.05, 0.1) is 20.1 Å². The molecule has 7 heteroatoms. The molecule has 0 aliphatic heterocycles. The number of pyridine rings is 1. The van der Waals surface area contributed by atoms with Crippen molar-refractivity contribution in [3.63, 3.8) is 0 Å². The van der Waals surface area contributed by atoms with Crippen molar-refractivity contribution in [1.29, 1.82) is 0 Å². The Balaban J connectivity index is 1.95. The zero-order valence-electron chi connectivity index (χ0n) is 15.6. The van der Waals surface area contributed by atoms with Gasteiger partial charge in [-0.05, 0) is 48.9 Å². The van der Waals surface area contributed by atoms with Gasteiger partial charge in [0, 0.05) is 25.5 Å². The van der Waals surface area contributed by atoms with Crippen LogP contribution in [0.25, 0.3) is 0 Å². The third kappa shape index (κ3) is 6.97. The average molecular weight is 372 g/mol. The molecular weight excluding hydrogens is 348 g/mol. The number of nitrogens with zero attached hydrogens (tertiary/aromatic N) is 2. The lowest BCUT2D eigenvalue weighted by atomic mass is 10.2. The van der Waals surface area contributed by atoms with Gasteiger partial charge in [0.15, 0.2) is 6.61 Å². The van der Waals surface area contributed by atoms with Crippen LogP contribution in [0.15, 0.2) is 48.8 Å². The second kappa shape index (κ2) is 10.8. The van der Waals surface area contributed by atoms with Crippen molar-refractivity contribution < 1.29 is 23.8 Å². The van der Waals surface area contributed by atoms with Gasteiger partial charge in [0.1, 0.15) is 11.5 Å². The third-order valence-electron chi connectivity index (χ3n) is 3.79. The van der Waals surface area contributed by atoms with E-state index in [1.807, 2.05) is 19.1 Å². The first kappa shape index (κ1) is 20.2. The van der Waals surface area contributed by atoms with Crippen molar-refractivity contribution >= 4 is 11.9 Å². The van der Waals surface area contributed by atoms with Crippen LogP contribution in [0.4, 0.5) is 0 Å². The highest BCUT2D eigenvalue weighted by atomic mass is 16.5. The number of rotatable bonds is 10. The van der Waals surface area contributed by atoms with E-state index >= 15 is 0 Å². The summed E-state index contributed by atoms with van der Waals surface area (Å²) < 4.78 is 15.6. The summed E-state index contributed by atoms with van der Waals surface area (Å²) in [6, 6.07) is 10.7. The lowest BCUT2D eigenvalue weighted by molar-refractivity contribution is -0.142. The van der Waals surface area contributed by atoms with E-state index in [0.29, 0.717) is 18.9 Å². The van der Waals surface area contributed by atoms with Crippen molar-refractivity contribution in [1.82, 2.24) is 9.88 Å². The predicted molar refractivity (Wildman–Crippen MR) is 99.4 cm³/mol. The smallest absolute Gasteiger partial charge is 0.307 e. The van der Waals surface area contributed by atoms with E-state index in [4.69, 9.17) is 9.47 Å². The molecule has 0 aliphatic rings. The molecule has 2 rings (SSSR count). The molecule has 7 nitrogen and oxygen atoms in total. The second-order valence-electron chi connectivity index (χ2n) is 5.69. The number of hydrogen-bond donors (Lipinski definition) is 0. The summed E-state index contributed by atoms with van der Waals surface area (Å²) >= 11 is 0. The Kier molecular flexibility index (Phi) is 8.09. The van der Waals surface area contributed by atoms with Gasteiger partial charge >= 0.3 is 5.97 Å². The topological polar surface area (TPSA) is 78.0 Å². The maximum absolute atomic E-state index is 12.6. The van der Waals surface area contributed by atoms with Crippen molar-refractivity contribution in [2.24, 2.45) is 0 Å². The average Bonchev–Trinajstić information content (AvgIpc) is 2.71. The van der Waals surface area contributed by atoms with Gasteiger partial charge in [0.2, 0.25) is 0 Å². The molecule has 0 N–H and O–H groups in total. The van der Waals surface area contributed by atoms with Gasteiger partial charge in [-0.1, -0.05) is 0 Å². The maximum atomic E-state index is 12.6. The zero-order chi connectivity index (χ0) is 19.5. The van der Waals surface area contributed by atoms with Crippen LogP contribution in [0.5, 0.6) is 11.5 Å². The van der Waals surface area contributed by atoms with Gasteiger partial charge in [0.25, 0.3) is 5.91 Å². The fourth-order valence-corrected chi connectivity index (χ4v) is 2.36. The van der Waals surface area contributed by atoms with Crippen molar-refractivity contribution in [2.45, 2.75) is 19.9 Å². The number of esters is 1. The molecule has 0 radical (unpaired) electrons. The van der Waals surface area contributed by atoms with Crippen LogP contribution >= 0.6 is 0 Å². The third-order valence-corrected chi connectivity index (χ3v) is 3.79. The fraction of sp³-hybridized carbons (Fsp3) is 0.350. The Morgan fingerprint density at radius 2 is 1.63 bits per heavy atom. The molecule has 0 atom stereocenters. The molecule has 0 bridgehead atoms. The number of ether oxygens (including phenoxy) is 3. The largest absolute Gasteiger partial charge is 0.494 e. The molecular formula is C20H24N2O5. The quantitative estimate of drug-likeness (QED) is 0.596. The number of carbonyl (C=O) groups is 2. The van der Waals surface area contributed by atoms with Crippen LogP contribution in [0.3, 0.4) is 0 Å². The van der Waals surface area contributed by atoms with Crippen LogP contribution in [0.2, 0.25) is 0 Å². The Labute approximate surface area is 158 Å². The van der Waals surface area contributed by atoms with E-state index in [9.17, 15) is 9.59 Å². The fourth-order valence-electron chi connectivity index (χ4n) is 2.36. The first-order valence-electron chi connectivity index (χ1n) is 8.71. The first-order chi connectivity index (χ1) is 13.1. The first-order valence-corrected chi connectivity index (χ1v) is 8.71. The SMILES string of the molecule is CCOc1ccc(OCC(=O)N(CCC(=O)OC)Cc2ccncc2)cc1. The van der Waals surface area contributed by atoms with Crippen molar-refractivity contribution in [2.75, 3.05) is 26.9 Å². The van der Waals surface area contributed by atoms with Crippen LogP contribution in [0.1, 0.15) is 18.9 Å². The van der Waals surface area contributed by atoms with E-state index < -0.39 is 0 Å². The van der Waals surface area contributed by atoms with Gasteiger partial charge in [-0.25, -0.2) is 0 Å². The van der Waals surface area contributed by atoms with Gasteiger partial charge < -0.3 is 19.1 Å². The summed E-state index contributed by atoms with van der Waals surface area (Å²) in [5.41, 5.74) is 0.921. The van der Waals surface area contributed by atoms with Gasteiger partial charge in [-0.3, -0.25) is 14.6 Å². The zero-order valence-corrected chi connectivity index (χ0v) is 15.6. The molecule has 1 heterocycles. The molecule has 0 saturated carbocycles. The van der Waals surface area contributed by atoms with Crippen molar-refractivity contribution in [3.05, 3.63) is 54.4 Å². The Morgan fingerprint density at radius 1 is 1.00 bits per heavy atom. The second-order valence-corrected chi connectivity index (χ2v) is 5.69. The molecule has 2 aromatic rings. The standard InChI is InChI=1S/C20H24N2O5/c1-3-26-17-4-6-18(7-5-17)27-15-19(23)22(13-10-20(24)25-2)14-16-8-11-21-12-9-16/h4-9,11-12H,3,10,13-15H2,1-2H3. The van der Waals surface area contributed by atoms with E-state index in [1.165, 1.54) is 7.11 Å². The lowest BCUT2D eigenvalue weighted by Gasteiger charge is -2.22. The molecule has 0 aliphatic carbocycles. The summed E-state index contributed by atoms with van der Waals surface area (Å²) in [6.07, 6.45) is 3.44. The molecule has 1 aromatic carbocycles. The van der Waals surface area contributed by atoms with Gasteiger partial charge in [-0.2, -0.15) is 0 Å². The number of methoxy groups -OCH3 is 1. The molecule has 0 spiro atoms. The maximum Gasteiger partial charge on any atom is 0.307 e. The minimum absolute atomic E-state index is 0.121. The lowest BCUT2D eigenvalue weighted by Crippen LogP contribution is -2.36. The number of aromatic nitrogens is 1. The highest BCUT2D eigenvalue weighted by Crippen LogP contribution is 2.17. The summed E-state index contributed by atoms with van der Waals surface area (Å²) in [4.78, 5) is 29.6. The van der Waals surface area contributed by atoms with E-state index in [-0.39, 0.29) is 31.4 Å². The minimum Gasteiger partial charge on any atom is -0.494 e. The highest BCUT2D eigenvalue weighted by Gasteiger charge is 2.16. The van der Waals surface area contributed by atoms with Crippen LogP contribution in [-0.2, 0) is 20.9 Å². The Morgan fingerprint density at radius 3 is 2.22 bits per heavy atom. The van der Waals surface area contributed by atoms with Crippen LogP contribution in [-0.4, -0.2) is 48.6 Å². The van der Waals surface area contributed by atoms with Gasteiger partial charge in [-0.15, -0.1) is 0 Å². The Hall–Kier alpha value is -3.09. The number of amides is 1. The molecule has 0 saturated heterocycles. The predicted octanol–water partition coefficient (Wildman–Crippen LogP) is 2.45. The summed E-state index contributed by atoms with van der Waals surface area (Å²) in [5, 5.41) is 0. The minimum atomic E-state index is -0.366. The normalized spacial score (nSPS) is 10.1. The number of benzene rings is 1. The number of hydrogen-bond acceptors (Lipinski definition) is 6. The van der Waals surface area contributed by atoms with E-state index in [0.717, 1.165) is 11.3 Å². The van der Waals surface area contributed by atoms with E-state index in [1.54, 1.807) is 41.6 Å². The molecule has 1 amide bonds. The molecule has 1 aromatic heterocycles. The molecule has 27 heavy (non-hydrogen) atoms. The highest BCUT2D eigenvalue weighted by molar-refractivity contribution is 5.78. The monoisotopic (exact) mass is 372 g/mol. The van der Waals surface area contributed by atoms with Crippen LogP contribution in [0, 0.1) is 0 Å². The summed E-state index contributed by atoms with van der Waals surface area (Å²) in [7, 11) is 1.33. The van der Waals surface area contributed by atoms with E-state index in [2.05, 4.69) is 9.72 Å². The van der Waals surface area contributed by atoms with Crippen LogP contribution < -0.4 is 9.47 Å². The molecule has 0 unspecified atom stereocenters. The molecule has 0 fully saturated rings. The Bertz CT molecular complexity index is 719. The van der Waals surface area contributed by atoms with Crippen molar-refractivity contribution in [3.8, 4) is 11.5 Å². The summed E-state index contributed by atoms with van der Waals surface area (Å²) in [6.45, 7) is 2.99. The number of carbonyl (C=O) groups excluding carboxylic acids is 2.